The van der Waals surface area contributed by atoms with Gasteiger partial charge < -0.3 is 10.2 Å². The quantitative estimate of drug-likeness (QED) is 0.542. The van der Waals surface area contributed by atoms with Gasteiger partial charge in [-0.05, 0) is 0 Å². The van der Waals surface area contributed by atoms with Crippen LogP contribution in [0.5, 0.6) is 0 Å². The SMILES string of the molecule is CCC(O)=C(O)CC. The molecular weight excluding hydrogens is 104 g/mol. The van der Waals surface area contributed by atoms with Crippen LogP contribution in [-0.4, -0.2) is 10.2 Å². The lowest BCUT2D eigenvalue weighted by molar-refractivity contribution is 0.305. The highest BCUT2D eigenvalue weighted by molar-refractivity contribution is 4.95. The lowest BCUT2D eigenvalue weighted by Gasteiger charge is -1.96. The molecule has 0 heterocycles. The average Bonchev–Trinajstić information content (AvgIpc) is 1.84. The van der Waals surface area contributed by atoms with Gasteiger partial charge in [-0.1, -0.05) is 13.8 Å². The second-order valence-electron chi connectivity index (χ2n) is 1.60. The Bertz CT molecular complexity index is 82.7. The fraction of sp³-hybridized carbons (Fsp3) is 0.667. The van der Waals surface area contributed by atoms with Gasteiger partial charge in [0.25, 0.3) is 0 Å². The maximum absolute atomic E-state index is 8.76. The first-order valence-electron chi connectivity index (χ1n) is 2.82. The molecule has 2 heteroatoms. The van der Waals surface area contributed by atoms with E-state index >= 15 is 0 Å². The second kappa shape index (κ2) is 3.36. The maximum atomic E-state index is 8.76. The van der Waals surface area contributed by atoms with Gasteiger partial charge in [-0.25, -0.2) is 0 Å². The van der Waals surface area contributed by atoms with Crippen LogP contribution in [0.15, 0.2) is 11.5 Å². The Morgan fingerprint density at radius 2 is 1.25 bits per heavy atom. The van der Waals surface area contributed by atoms with Gasteiger partial charge in [0.05, 0.1) is 0 Å². The van der Waals surface area contributed by atoms with E-state index in [1.807, 2.05) is 0 Å². The molecule has 0 aromatic heterocycles. The summed E-state index contributed by atoms with van der Waals surface area (Å²) in [5.41, 5.74) is 0. The molecule has 0 aromatic carbocycles. The molecule has 0 fully saturated rings. The molecule has 0 aliphatic rings. The monoisotopic (exact) mass is 116 g/mol. The minimum Gasteiger partial charge on any atom is -0.509 e. The lowest BCUT2D eigenvalue weighted by Crippen LogP contribution is -1.86. The number of aliphatic hydroxyl groups excluding tert-OH is 2. The van der Waals surface area contributed by atoms with Gasteiger partial charge in [-0.2, -0.15) is 0 Å². The Morgan fingerprint density at radius 1 is 1.00 bits per heavy atom. The summed E-state index contributed by atoms with van der Waals surface area (Å²) in [6.07, 6.45) is 1.03. The van der Waals surface area contributed by atoms with Gasteiger partial charge >= 0.3 is 0 Å². The van der Waals surface area contributed by atoms with Crippen molar-refractivity contribution in [3.63, 3.8) is 0 Å². The van der Waals surface area contributed by atoms with E-state index in [9.17, 15) is 0 Å². The Balaban J connectivity index is 3.83. The van der Waals surface area contributed by atoms with E-state index in [1.54, 1.807) is 13.8 Å². The van der Waals surface area contributed by atoms with Crippen molar-refractivity contribution in [1.29, 1.82) is 0 Å². The van der Waals surface area contributed by atoms with Crippen molar-refractivity contribution in [3.05, 3.63) is 11.5 Å². The van der Waals surface area contributed by atoms with Crippen molar-refractivity contribution >= 4 is 0 Å². The smallest absolute Gasteiger partial charge is 0.129 e. The predicted octanol–water partition coefficient (Wildman–Crippen LogP) is 2.13. The van der Waals surface area contributed by atoms with Crippen molar-refractivity contribution in [1.82, 2.24) is 0 Å². The van der Waals surface area contributed by atoms with Crippen molar-refractivity contribution in [2.75, 3.05) is 0 Å². The maximum Gasteiger partial charge on any atom is 0.129 e. The van der Waals surface area contributed by atoms with Crippen LogP contribution < -0.4 is 0 Å². The van der Waals surface area contributed by atoms with Gasteiger partial charge in [-0.15, -0.1) is 0 Å². The predicted molar refractivity (Wildman–Crippen MR) is 32.9 cm³/mol. The zero-order valence-electron chi connectivity index (χ0n) is 5.31. The lowest BCUT2D eigenvalue weighted by atomic mass is 10.3. The third-order valence-corrected chi connectivity index (χ3v) is 1.00. The molecule has 0 rings (SSSR count). The molecule has 48 valence electrons. The van der Waals surface area contributed by atoms with Gasteiger partial charge in [0.2, 0.25) is 0 Å². The van der Waals surface area contributed by atoms with E-state index in [2.05, 4.69) is 0 Å². The largest absolute Gasteiger partial charge is 0.509 e. The first-order chi connectivity index (χ1) is 3.72. The van der Waals surface area contributed by atoms with E-state index in [4.69, 9.17) is 10.2 Å². The number of rotatable bonds is 2. The molecule has 0 unspecified atom stereocenters. The van der Waals surface area contributed by atoms with Gasteiger partial charge in [0, 0.05) is 12.8 Å². The standard InChI is InChI=1S/C6H12O2/c1-3-5(7)6(8)4-2/h7-8H,3-4H2,1-2H3. The molecule has 0 bridgehead atoms. The summed E-state index contributed by atoms with van der Waals surface area (Å²) in [5, 5.41) is 17.5. The van der Waals surface area contributed by atoms with Gasteiger partial charge in [0.15, 0.2) is 0 Å². The Hall–Kier alpha value is -0.660. The minimum atomic E-state index is 0.104. The molecule has 0 saturated carbocycles. The van der Waals surface area contributed by atoms with Crippen molar-refractivity contribution in [2.45, 2.75) is 26.7 Å². The summed E-state index contributed by atoms with van der Waals surface area (Å²) in [6.45, 7) is 3.59. The van der Waals surface area contributed by atoms with Crippen LogP contribution in [0.2, 0.25) is 0 Å². The fourth-order valence-electron chi connectivity index (χ4n) is 0.408. The summed E-state index contributed by atoms with van der Waals surface area (Å²) >= 11 is 0. The molecule has 0 atom stereocenters. The summed E-state index contributed by atoms with van der Waals surface area (Å²) in [5.74, 6) is 0.208. The van der Waals surface area contributed by atoms with E-state index < -0.39 is 0 Å². The van der Waals surface area contributed by atoms with Crippen LogP contribution in [0, 0.1) is 0 Å². The highest BCUT2D eigenvalue weighted by Gasteiger charge is 1.94. The first kappa shape index (κ1) is 7.34. The van der Waals surface area contributed by atoms with Gasteiger partial charge in [0.1, 0.15) is 11.5 Å². The number of hydrogen-bond donors (Lipinski definition) is 2. The highest BCUT2D eigenvalue weighted by atomic mass is 16.3. The van der Waals surface area contributed by atoms with Crippen LogP contribution in [0.1, 0.15) is 26.7 Å². The zero-order valence-corrected chi connectivity index (χ0v) is 5.31. The summed E-state index contributed by atoms with van der Waals surface area (Å²) in [4.78, 5) is 0. The molecule has 2 N–H and O–H groups in total. The van der Waals surface area contributed by atoms with Crippen LogP contribution in [0.3, 0.4) is 0 Å². The molecule has 0 radical (unpaired) electrons. The third kappa shape index (κ3) is 1.87. The second-order valence-corrected chi connectivity index (χ2v) is 1.60. The fourth-order valence-corrected chi connectivity index (χ4v) is 0.408. The highest BCUT2D eigenvalue weighted by Crippen LogP contribution is 2.03. The number of hydrogen-bond acceptors (Lipinski definition) is 2. The average molecular weight is 116 g/mol. The van der Waals surface area contributed by atoms with E-state index in [-0.39, 0.29) is 11.5 Å². The summed E-state index contributed by atoms with van der Waals surface area (Å²) in [6, 6.07) is 0. The van der Waals surface area contributed by atoms with E-state index in [1.165, 1.54) is 0 Å². The molecule has 0 aliphatic heterocycles. The number of allylic oxidation sites excluding steroid dienone is 2. The summed E-state index contributed by atoms with van der Waals surface area (Å²) in [7, 11) is 0. The van der Waals surface area contributed by atoms with Crippen LogP contribution in [0.4, 0.5) is 0 Å². The minimum absolute atomic E-state index is 0.104. The zero-order chi connectivity index (χ0) is 6.57. The summed E-state index contributed by atoms with van der Waals surface area (Å²) < 4.78 is 0. The van der Waals surface area contributed by atoms with Gasteiger partial charge in [-0.3, -0.25) is 0 Å². The third-order valence-electron chi connectivity index (χ3n) is 1.00. The Labute approximate surface area is 49.5 Å². The van der Waals surface area contributed by atoms with E-state index in [0.29, 0.717) is 12.8 Å². The molecule has 0 aliphatic carbocycles. The van der Waals surface area contributed by atoms with Crippen LogP contribution in [0.25, 0.3) is 0 Å². The van der Waals surface area contributed by atoms with Crippen molar-refractivity contribution < 1.29 is 10.2 Å². The molecule has 8 heavy (non-hydrogen) atoms. The molecule has 0 saturated heterocycles. The topological polar surface area (TPSA) is 40.5 Å². The van der Waals surface area contributed by atoms with Crippen molar-refractivity contribution in [3.8, 4) is 0 Å². The van der Waals surface area contributed by atoms with Crippen molar-refractivity contribution in [2.24, 2.45) is 0 Å². The molecule has 0 aromatic rings. The number of aliphatic hydroxyl groups is 2. The normalized spacial score (nSPS) is 13.2. The molecular formula is C6H12O2. The molecule has 2 nitrogen and oxygen atoms in total. The molecule has 0 amide bonds. The van der Waals surface area contributed by atoms with Crippen LogP contribution >= 0.6 is 0 Å². The Morgan fingerprint density at radius 3 is 1.38 bits per heavy atom. The first-order valence-corrected chi connectivity index (χ1v) is 2.82. The Kier molecular flexibility index (Phi) is 3.08. The molecule has 0 spiro atoms. The van der Waals surface area contributed by atoms with Crippen LogP contribution in [-0.2, 0) is 0 Å². The van der Waals surface area contributed by atoms with E-state index in [0.717, 1.165) is 0 Å².